The van der Waals surface area contributed by atoms with Crippen molar-refractivity contribution in [2.45, 2.75) is 45.2 Å². The Morgan fingerprint density at radius 1 is 1.36 bits per heavy atom. The highest BCUT2D eigenvalue weighted by Crippen LogP contribution is 2.23. The summed E-state index contributed by atoms with van der Waals surface area (Å²) in [7, 11) is 0. The van der Waals surface area contributed by atoms with Crippen LogP contribution < -0.4 is 0 Å². The molecule has 130 valence electrons. The fourth-order valence-corrected chi connectivity index (χ4v) is 3.86. The van der Waals surface area contributed by atoms with Crippen molar-refractivity contribution in [2.24, 2.45) is 0 Å². The molecule has 0 spiro atoms. The number of aromatic nitrogens is 3. The van der Waals surface area contributed by atoms with Crippen LogP contribution >= 0.6 is 0 Å². The fourth-order valence-electron chi connectivity index (χ4n) is 3.86. The first-order chi connectivity index (χ1) is 12.2. The van der Waals surface area contributed by atoms with Crippen LogP contribution in [0.25, 0.3) is 10.9 Å². The molecule has 25 heavy (non-hydrogen) atoms. The van der Waals surface area contributed by atoms with Gasteiger partial charge in [-0.15, -0.1) is 0 Å². The number of nitrogens with one attached hydrogen (secondary N) is 1. The highest BCUT2D eigenvalue weighted by molar-refractivity contribution is 5.84. The summed E-state index contributed by atoms with van der Waals surface area (Å²) in [6.45, 7) is 3.71. The Bertz CT molecular complexity index is 879. The van der Waals surface area contributed by atoms with Gasteiger partial charge in [0.25, 0.3) is 0 Å². The number of nitrogens with zero attached hydrogens (tertiary/aromatic N) is 3. The molecular weight excluding hydrogens is 312 g/mol. The van der Waals surface area contributed by atoms with Crippen LogP contribution in [0.5, 0.6) is 0 Å². The lowest BCUT2D eigenvalue weighted by Gasteiger charge is -2.24. The van der Waals surface area contributed by atoms with Gasteiger partial charge in [-0.3, -0.25) is 9.48 Å². The SMILES string of the molecule is Cc1cnn(C[C@@H]2CCCN2C(=O)CCc2c[nH]c3ccccc23)c1. The summed E-state index contributed by atoms with van der Waals surface area (Å²) >= 11 is 0. The van der Waals surface area contributed by atoms with Crippen molar-refractivity contribution in [3.63, 3.8) is 0 Å². The number of hydrogen-bond acceptors (Lipinski definition) is 2. The fraction of sp³-hybridized carbons (Fsp3) is 0.400. The molecule has 5 heteroatoms. The largest absolute Gasteiger partial charge is 0.361 e. The maximum absolute atomic E-state index is 12.8. The van der Waals surface area contributed by atoms with Crippen molar-refractivity contribution < 1.29 is 4.79 Å². The van der Waals surface area contributed by atoms with Gasteiger partial charge >= 0.3 is 0 Å². The Morgan fingerprint density at radius 3 is 3.08 bits per heavy atom. The third-order valence-electron chi connectivity index (χ3n) is 5.14. The minimum atomic E-state index is 0.261. The van der Waals surface area contributed by atoms with Crippen molar-refractivity contribution in [3.05, 3.63) is 54.0 Å². The average molecular weight is 336 g/mol. The molecule has 1 aliphatic rings. The van der Waals surface area contributed by atoms with E-state index in [0.29, 0.717) is 6.42 Å². The molecule has 2 aromatic heterocycles. The molecular formula is C20H24N4O. The number of carbonyl (C=O) groups excluding carboxylic acids is 1. The van der Waals surface area contributed by atoms with E-state index < -0.39 is 0 Å². The maximum Gasteiger partial charge on any atom is 0.223 e. The molecule has 0 bridgehead atoms. The molecule has 1 atom stereocenters. The lowest BCUT2D eigenvalue weighted by atomic mass is 10.1. The van der Waals surface area contributed by atoms with Crippen LogP contribution in [0.3, 0.4) is 0 Å². The second-order valence-corrected chi connectivity index (χ2v) is 6.98. The minimum absolute atomic E-state index is 0.261. The number of aromatic amines is 1. The Kier molecular flexibility index (Phi) is 4.30. The smallest absolute Gasteiger partial charge is 0.223 e. The summed E-state index contributed by atoms with van der Waals surface area (Å²) < 4.78 is 1.96. The summed E-state index contributed by atoms with van der Waals surface area (Å²) in [6.07, 6.45) is 9.46. The van der Waals surface area contributed by atoms with Crippen LogP contribution in [-0.4, -0.2) is 38.2 Å². The summed E-state index contributed by atoms with van der Waals surface area (Å²) in [5.41, 5.74) is 3.52. The van der Waals surface area contributed by atoms with E-state index in [0.717, 1.165) is 43.4 Å². The maximum atomic E-state index is 12.8. The predicted octanol–water partition coefficient (Wildman–Crippen LogP) is 3.30. The molecule has 0 saturated carbocycles. The van der Waals surface area contributed by atoms with Gasteiger partial charge in [-0.05, 0) is 43.4 Å². The third-order valence-corrected chi connectivity index (χ3v) is 5.14. The standard InChI is InChI=1S/C20H24N4O/c1-15-11-22-23(13-15)14-17-5-4-10-24(17)20(25)9-8-16-12-21-19-7-3-2-6-18(16)19/h2-3,6-7,11-13,17,21H,4-5,8-10,14H2,1H3/t17-/m0/s1. The highest BCUT2D eigenvalue weighted by Gasteiger charge is 2.28. The third kappa shape index (κ3) is 3.31. The van der Waals surface area contributed by atoms with Gasteiger partial charge < -0.3 is 9.88 Å². The first-order valence-corrected chi connectivity index (χ1v) is 9.04. The molecule has 3 heterocycles. The number of rotatable bonds is 5. The summed E-state index contributed by atoms with van der Waals surface area (Å²) in [6, 6.07) is 8.53. The number of hydrogen-bond donors (Lipinski definition) is 1. The molecule has 1 N–H and O–H groups in total. The van der Waals surface area contributed by atoms with Crippen LogP contribution in [0.4, 0.5) is 0 Å². The van der Waals surface area contributed by atoms with E-state index in [9.17, 15) is 4.79 Å². The van der Waals surface area contributed by atoms with E-state index in [1.165, 1.54) is 10.9 Å². The molecule has 0 unspecified atom stereocenters. The lowest BCUT2D eigenvalue weighted by Crippen LogP contribution is -2.38. The second kappa shape index (κ2) is 6.75. The number of amides is 1. The van der Waals surface area contributed by atoms with Crippen molar-refractivity contribution in [3.8, 4) is 0 Å². The zero-order valence-electron chi connectivity index (χ0n) is 14.6. The van der Waals surface area contributed by atoms with Gasteiger partial charge in [0, 0.05) is 36.3 Å². The normalized spacial score (nSPS) is 17.5. The van der Waals surface area contributed by atoms with Gasteiger partial charge in [0.15, 0.2) is 0 Å². The zero-order valence-corrected chi connectivity index (χ0v) is 14.6. The van der Waals surface area contributed by atoms with Crippen molar-refractivity contribution in [1.82, 2.24) is 19.7 Å². The van der Waals surface area contributed by atoms with Crippen LogP contribution in [0.15, 0.2) is 42.9 Å². The molecule has 1 amide bonds. The Labute approximate surface area is 147 Å². The number of likely N-dealkylation sites (tertiary alicyclic amines) is 1. The predicted molar refractivity (Wildman–Crippen MR) is 98.3 cm³/mol. The monoisotopic (exact) mass is 336 g/mol. The summed E-state index contributed by atoms with van der Waals surface area (Å²) in [4.78, 5) is 18.1. The topological polar surface area (TPSA) is 53.9 Å². The second-order valence-electron chi connectivity index (χ2n) is 6.98. The first-order valence-electron chi connectivity index (χ1n) is 9.04. The van der Waals surface area contributed by atoms with Crippen molar-refractivity contribution in [1.29, 1.82) is 0 Å². The Hall–Kier alpha value is -2.56. The summed E-state index contributed by atoms with van der Waals surface area (Å²) in [5, 5.41) is 5.59. The van der Waals surface area contributed by atoms with Crippen molar-refractivity contribution in [2.75, 3.05) is 6.54 Å². The number of para-hydroxylation sites is 1. The van der Waals surface area contributed by atoms with Gasteiger partial charge in [0.05, 0.1) is 18.8 Å². The molecule has 3 aromatic rings. The zero-order chi connectivity index (χ0) is 17.2. The van der Waals surface area contributed by atoms with E-state index in [4.69, 9.17) is 0 Å². The van der Waals surface area contributed by atoms with Crippen LogP contribution in [0.1, 0.15) is 30.4 Å². The van der Waals surface area contributed by atoms with E-state index >= 15 is 0 Å². The molecule has 1 saturated heterocycles. The van der Waals surface area contributed by atoms with Gasteiger partial charge in [-0.2, -0.15) is 5.10 Å². The van der Waals surface area contributed by atoms with E-state index in [2.05, 4.69) is 27.1 Å². The van der Waals surface area contributed by atoms with Crippen LogP contribution in [0.2, 0.25) is 0 Å². The Balaban J connectivity index is 1.39. The molecule has 1 aliphatic heterocycles. The van der Waals surface area contributed by atoms with Gasteiger partial charge in [0.1, 0.15) is 0 Å². The molecule has 1 aromatic carbocycles. The first kappa shape index (κ1) is 15.9. The highest BCUT2D eigenvalue weighted by atomic mass is 16.2. The van der Waals surface area contributed by atoms with Gasteiger partial charge in [0.2, 0.25) is 5.91 Å². The molecule has 5 nitrogen and oxygen atoms in total. The number of benzene rings is 1. The average Bonchev–Trinajstić information content (AvgIpc) is 3.33. The number of carbonyl (C=O) groups is 1. The van der Waals surface area contributed by atoms with Crippen LogP contribution in [0, 0.1) is 6.92 Å². The number of aryl methyl sites for hydroxylation is 2. The minimum Gasteiger partial charge on any atom is -0.361 e. The summed E-state index contributed by atoms with van der Waals surface area (Å²) in [5.74, 6) is 0.261. The molecule has 1 fully saturated rings. The number of fused-ring (bicyclic) bond motifs is 1. The number of H-pyrrole nitrogens is 1. The van der Waals surface area contributed by atoms with Crippen LogP contribution in [-0.2, 0) is 17.8 Å². The molecule has 0 aliphatic carbocycles. The van der Waals surface area contributed by atoms with Gasteiger partial charge in [-0.25, -0.2) is 0 Å². The van der Waals surface area contributed by atoms with E-state index in [1.807, 2.05) is 42.3 Å². The lowest BCUT2D eigenvalue weighted by molar-refractivity contribution is -0.132. The van der Waals surface area contributed by atoms with E-state index in [1.54, 1.807) is 0 Å². The van der Waals surface area contributed by atoms with Gasteiger partial charge in [-0.1, -0.05) is 18.2 Å². The Morgan fingerprint density at radius 2 is 2.24 bits per heavy atom. The molecule has 4 rings (SSSR count). The quantitative estimate of drug-likeness (QED) is 0.777. The molecule has 0 radical (unpaired) electrons. The van der Waals surface area contributed by atoms with E-state index in [-0.39, 0.29) is 11.9 Å². The van der Waals surface area contributed by atoms with Crippen molar-refractivity contribution >= 4 is 16.8 Å².